The zero-order chi connectivity index (χ0) is 26.9. The van der Waals surface area contributed by atoms with Gasteiger partial charge < -0.3 is 14.4 Å². The first kappa shape index (κ1) is 25.0. The number of anilines is 1. The summed E-state index contributed by atoms with van der Waals surface area (Å²) in [6, 6.07) is 7.52. The van der Waals surface area contributed by atoms with Gasteiger partial charge in [-0.15, -0.1) is 0 Å². The van der Waals surface area contributed by atoms with Crippen molar-refractivity contribution >= 4 is 34.4 Å². The molecule has 0 radical (unpaired) electrons. The SMILES string of the molecule is Cc1ccc(Cn2c(=O)nc3c4c(nc(Cl)cc42)OCC2[C@H]4CC[C@@H](CN32)N4C(=O)OC(C)(C)C)cc1C. The van der Waals surface area contributed by atoms with Gasteiger partial charge in [-0.2, -0.15) is 4.98 Å². The van der Waals surface area contributed by atoms with Crippen LogP contribution in [0.4, 0.5) is 10.6 Å². The Kier molecular flexibility index (Phi) is 5.83. The van der Waals surface area contributed by atoms with Crippen LogP contribution in [0.15, 0.2) is 29.1 Å². The van der Waals surface area contributed by atoms with Crippen LogP contribution in [0.25, 0.3) is 10.9 Å². The van der Waals surface area contributed by atoms with Crippen LogP contribution < -0.4 is 15.3 Å². The molecular formula is C28H32ClN5O4. The average Bonchev–Trinajstić information content (AvgIpc) is 3.07. The second kappa shape index (κ2) is 8.86. The summed E-state index contributed by atoms with van der Waals surface area (Å²) in [7, 11) is 0. The molecule has 3 atom stereocenters. The van der Waals surface area contributed by atoms with Gasteiger partial charge in [0.05, 0.1) is 30.2 Å². The highest BCUT2D eigenvalue weighted by Gasteiger charge is 2.51. The molecule has 3 aromatic rings. The third kappa shape index (κ3) is 4.17. The van der Waals surface area contributed by atoms with Crippen LogP contribution in [-0.4, -0.2) is 62.4 Å². The number of nitrogens with zero attached hydrogens (tertiary/aromatic N) is 5. The maximum absolute atomic E-state index is 13.5. The first-order valence-electron chi connectivity index (χ1n) is 13.1. The van der Waals surface area contributed by atoms with E-state index < -0.39 is 5.60 Å². The largest absolute Gasteiger partial charge is 0.475 e. The topological polar surface area (TPSA) is 89.8 Å². The first-order valence-corrected chi connectivity index (χ1v) is 13.5. The van der Waals surface area contributed by atoms with Crippen LogP contribution in [0, 0.1) is 13.8 Å². The highest BCUT2D eigenvalue weighted by Crippen LogP contribution is 2.43. The number of halogens is 1. The Labute approximate surface area is 226 Å². The third-order valence-corrected chi connectivity index (χ3v) is 8.05. The smallest absolute Gasteiger partial charge is 0.410 e. The summed E-state index contributed by atoms with van der Waals surface area (Å²) in [5.41, 5.74) is 3.04. The second-order valence-corrected chi connectivity index (χ2v) is 12.0. The number of rotatable bonds is 2. The fraction of sp³-hybridized carbons (Fsp3) is 0.500. The van der Waals surface area contributed by atoms with Crippen molar-refractivity contribution < 1.29 is 14.3 Å². The van der Waals surface area contributed by atoms with Crippen LogP contribution in [-0.2, 0) is 11.3 Å². The molecule has 1 unspecified atom stereocenters. The lowest BCUT2D eigenvalue weighted by molar-refractivity contribution is 0.00540. The Bertz CT molecular complexity index is 1510. The van der Waals surface area contributed by atoms with E-state index in [0.29, 0.717) is 42.3 Å². The lowest BCUT2D eigenvalue weighted by Crippen LogP contribution is -2.63. The lowest BCUT2D eigenvalue weighted by Gasteiger charge is -2.46. The highest BCUT2D eigenvalue weighted by atomic mass is 35.5. The molecule has 0 saturated carbocycles. The maximum Gasteiger partial charge on any atom is 0.410 e. The monoisotopic (exact) mass is 537 g/mol. The van der Waals surface area contributed by atoms with Gasteiger partial charge in [0, 0.05) is 12.6 Å². The average molecular weight is 538 g/mol. The minimum atomic E-state index is -0.585. The van der Waals surface area contributed by atoms with E-state index in [1.165, 1.54) is 5.56 Å². The van der Waals surface area contributed by atoms with E-state index in [1.807, 2.05) is 31.7 Å². The van der Waals surface area contributed by atoms with Crippen LogP contribution in [0.5, 0.6) is 5.88 Å². The molecule has 9 nitrogen and oxygen atoms in total. The van der Waals surface area contributed by atoms with E-state index in [2.05, 4.69) is 40.8 Å². The van der Waals surface area contributed by atoms with E-state index >= 15 is 0 Å². The number of aryl methyl sites for hydroxylation is 2. The number of aromatic nitrogens is 3. The van der Waals surface area contributed by atoms with Crippen molar-refractivity contribution in [3.05, 3.63) is 56.6 Å². The molecule has 6 rings (SSSR count). The molecule has 0 spiro atoms. The van der Waals surface area contributed by atoms with Gasteiger partial charge in [0.25, 0.3) is 0 Å². The lowest BCUT2D eigenvalue weighted by atomic mass is 10.0. The zero-order valence-electron chi connectivity index (χ0n) is 22.3. The number of piperazine rings is 1. The van der Waals surface area contributed by atoms with Crippen molar-refractivity contribution in [2.45, 2.75) is 77.7 Å². The first-order chi connectivity index (χ1) is 18.0. The second-order valence-electron chi connectivity index (χ2n) is 11.6. The van der Waals surface area contributed by atoms with Crippen LogP contribution >= 0.6 is 11.6 Å². The summed E-state index contributed by atoms with van der Waals surface area (Å²) >= 11 is 6.44. The molecule has 2 saturated heterocycles. The Balaban J connectivity index is 1.44. The standard InChI is InChI=1S/C28H32ClN5O4/c1-15-6-7-17(10-16(15)2)12-33-20-11-22(29)30-25-23(20)24(31-26(33)35)32-13-18-8-9-19(21(32)14-37-25)34(18)27(36)38-28(3,4)5/h6-7,10-11,18-19,21H,8-9,12-14H2,1-5H3/t18-,19+,21?/m0/s1. The molecule has 5 heterocycles. The molecule has 1 aromatic carbocycles. The molecule has 200 valence electrons. The maximum atomic E-state index is 13.5. The van der Waals surface area contributed by atoms with Crippen molar-refractivity contribution in [1.29, 1.82) is 0 Å². The number of fused-ring (bicyclic) bond motifs is 5. The normalized spacial score (nSPS) is 22.2. The predicted octanol–water partition coefficient (Wildman–Crippen LogP) is 4.46. The third-order valence-electron chi connectivity index (χ3n) is 7.86. The number of amides is 1. The molecule has 3 aliphatic rings. The number of benzene rings is 1. The number of pyridine rings is 1. The van der Waals surface area contributed by atoms with Gasteiger partial charge in [0.1, 0.15) is 28.6 Å². The highest BCUT2D eigenvalue weighted by molar-refractivity contribution is 6.30. The Hall–Kier alpha value is -3.33. The fourth-order valence-electron chi connectivity index (χ4n) is 6.01. The Morgan fingerprint density at radius 1 is 1.13 bits per heavy atom. The molecule has 0 N–H and O–H groups in total. The van der Waals surface area contributed by atoms with Gasteiger partial charge >= 0.3 is 11.8 Å². The molecule has 3 aliphatic heterocycles. The molecule has 38 heavy (non-hydrogen) atoms. The number of hydrogen-bond donors (Lipinski definition) is 0. The summed E-state index contributed by atoms with van der Waals surface area (Å²) in [6.45, 7) is 10.9. The number of ether oxygens (including phenoxy) is 2. The number of carbonyl (C=O) groups excluding carboxylic acids is 1. The van der Waals surface area contributed by atoms with Gasteiger partial charge in [-0.3, -0.25) is 9.47 Å². The van der Waals surface area contributed by atoms with Crippen molar-refractivity contribution in [1.82, 2.24) is 19.4 Å². The quantitative estimate of drug-likeness (QED) is 0.446. The van der Waals surface area contributed by atoms with Gasteiger partial charge in [0.15, 0.2) is 0 Å². The number of hydrogen-bond acceptors (Lipinski definition) is 7. The van der Waals surface area contributed by atoms with Gasteiger partial charge in [0.2, 0.25) is 5.88 Å². The minimum Gasteiger partial charge on any atom is -0.475 e. The Morgan fingerprint density at radius 3 is 2.66 bits per heavy atom. The van der Waals surface area contributed by atoms with Crippen molar-refractivity contribution in [3.63, 3.8) is 0 Å². The molecular weight excluding hydrogens is 506 g/mol. The minimum absolute atomic E-state index is 0.0391. The predicted molar refractivity (Wildman–Crippen MR) is 145 cm³/mol. The summed E-state index contributed by atoms with van der Waals surface area (Å²) in [5.74, 6) is 0.904. The van der Waals surface area contributed by atoms with Gasteiger partial charge in [-0.1, -0.05) is 29.8 Å². The summed E-state index contributed by atoms with van der Waals surface area (Å²) in [6.07, 6.45) is 1.37. The van der Waals surface area contributed by atoms with Gasteiger partial charge in [-0.25, -0.2) is 14.6 Å². The fourth-order valence-corrected chi connectivity index (χ4v) is 6.19. The molecule has 2 fully saturated rings. The summed E-state index contributed by atoms with van der Waals surface area (Å²) in [5, 5.41) is 0.917. The zero-order valence-corrected chi connectivity index (χ0v) is 23.1. The van der Waals surface area contributed by atoms with E-state index in [1.54, 1.807) is 10.6 Å². The summed E-state index contributed by atoms with van der Waals surface area (Å²) in [4.78, 5) is 39.8. The molecule has 10 heteroatoms. The van der Waals surface area contributed by atoms with E-state index in [9.17, 15) is 9.59 Å². The van der Waals surface area contributed by atoms with E-state index in [0.717, 1.165) is 24.0 Å². The molecule has 1 amide bonds. The van der Waals surface area contributed by atoms with E-state index in [-0.39, 0.29) is 35.1 Å². The Morgan fingerprint density at radius 2 is 1.92 bits per heavy atom. The van der Waals surface area contributed by atoms with Gasteiger partial charge in [-0.05, 0) is 64.2 Å². The van der Waals surface area contributed by atoms with Crippen LogP contribution in [0.2, 0.25) is 5.15 Å². The van der Waals surface area contributed by atoms with Crippen LogP contribution in [0.3, 0.4) is 0 Å². The molecule has 2 bridgehead atoms. The molecule has 0 aliphatic carbocycles. The van der Waals surface area contributed by atoms with E-state index in [4.69, 9.17) is 21.1 Å². The molecule has 2 aromatic heterocycles. The van der Waals surface area contributed by atoms with Crippen LogP contribution in [0.1, 0.15) is 50.3 Å². The number of carbonyl (C=O) groups is 1. The van der Waals surface area contributed by atoms with Crippen molar-refractivity contribution in [2.24, 2.45) is 0 Å². The van der Waals surface area contributed by atoms with Crippen molar-refractivity contribution in [2.75, 3.05) is 18.1 Å². The summed E-state index contributed by atoms with van der Waals surface area (Å²) < 4.78 is 13.6. The van der Waals surface area contributed by atoms with Crippen molar-refractivity contribution in [3.8, 4) is 5.88 Å².